The number of carbonyl (C=O) groups is 1. The van der Waals surface area contributed by atoms with E-state index in [2.05, 4.69) is 25.0 Å². The fraction of sp³-hybridized carbons (Fsp3) is 0.350. The van der Waals surface area contributed by atoms with Gasteiger partial charge in [-0.2, -0.15) is 4.98 Å². The molecule has 0 spiro atoms. The van der Waals surface area contributed by atoms with E-state index in [-0.39, 0.29) is 11.9 Å². The molecular formula is C20H20N6O2S. The van der Waals surface area contributed by atoms with E-state index in [0.717, 1.165) is 36.5 Å². The van der Waals surface area contributed by atoms with Gasteiger partial charge in [0.2, 0.25) is 0 Å². The van der Waals surface area contributed by atoms with E-state index in [1.54, 1.807) is 13.1 Å². The maximum absolute atomic E-state index is 13.5. The lowest BCUT2D eigenvalue weighted by Gasteiger charge is -2.27. The Balaban J connectivity index is 1.58. The van der Waals surface area contributed by atoms with Gasteiger partial charge in [0.15, 0.2) is 11.0 Å². The van der Waals surface area contributed by atoms with Crippen molar-refractivity contribution in [2.45, 2.75) is 31.0 Å². The molecule has 0 radical (unpaired) electrons. The predicted octanol–water partition coefficient (Wildman–Crippen LogP) is 3.19. The first-order chi connectivity index (χ1) is 14.1. The summed E-state index contributed by atoms with van der Waals surface area (Å²) in [6.07, 6.45) is 5.73. The van der Waals surface area contributed by atoms with Crippen molar-refractivity contribution in [3.05, 3.63) is 41.9 Å². The molecule has 0 aliphatic carbocycles. The standard InChI is InChI=1S/C20H20N6O2S/c1-12-22-18(28-24-12)13-5-3-6-14(9-13)26-11-15-7-4-8-25(15)17-16(19(26)27)10-21-20(23-17)29-2/h3,5-6,9-10,15H,4,7-8,11H2,1-2H3/t15-/m0/s1. The van der Waals surface area contributed by atoms with Crippen molar-refractivity contribution in [1.82, 2.24) is 20.1 Å². The second-order valence-corrected chi connectivity index (χ2v) is 7.97. The maximum Gasteiger partial charge on any atom is 0.263 e. The molecule has 1 saturated heterocycles. The van der Waals surface area contributed by atoms with Crippen molar-refractivity contribution in [3.8, 4) is 11.5 Å². The summed E-state index contributed by atoms with van der Waals surface area (Å²) in [7, 11) is 0. The Hall–Kier alpha value is -2.94. The van der Waals surface area contributed by atoms with Crippen LogP contribution in [0, 0.1) is 6.92 Å². The van der Waals surface area contributed by atoms with E-state index >= 15 is 0 Å². The van der Waals surface area contributed by atoms with Crippen LogP contribution < -0.4 is 9.80 Å². The molecule has 4 heterocycles. The molecule has 2 aliphatic rings. The topological polar surface area (TPSA) is 88.2 Å². The number of carbonyl (C=O) groups excluding carboxylic acids is 1. The number of rotatable bonds is 3. The summed E-state index contributed by atoms with van der Waals surface area (Å²) < 4.78 is 5.30. The molecule has 29 heavy (non-hydrogen) atoms. The minimum absolute atomic E-state index is 0.0825. The lowest BCUT2D eigenvalue weighted by atomic mass is 10.1. The van der Waals surface area contributed by atoms with Gasteiger partial charge >= 0.3 is 0 Å². The first-order valence-corrected chi connectivity index (χ1v) is 10.8. The van der Waals surface area contributed by atoms with Gasteiger partial charge in [0, 0.05) is 36.6 Å². The Morgan fingerprint density at radius 3 is 2.97 bits per heavy atom. The van der Waals surface area contributed by atoms with E-state index in [4.69, 9.17) is 4.52 Å². The molecule has 2 aromatic heterocycles. The number of amides is 1. The molecule has 0 saturated carbocycles. The first-order valence-electron chi connectivity index (χ1n) is 9.54. The summed E-state index contributed by atoms with van der Waals surface area (Å²) in [5.74, 6) is 1.69. The molecule has 0 N–H and O–H groups in total. The van der Waals surface area contributed by atoms with Gasteiger partial charge in [-0.25, -0.2) is 9.97 Å². The Kier molecular flexibility index (Phi) is 4.46. The lowest BCUT2D eigenvalue weighted by Crippen LogP contribution is -2.39. The molecule has 2 aliphatic heterocycles. The largest absolute Gasteiger partial charge is 0.351 e. The molecule has 1 amide bonds. The van der Waals surface area contributed by atoms with Crippen molar-refractivity contribution >= 4 is 29.2 Å². The third-order valence-electron chi connectivity index (χ3n) is 5.38. The van der Waals surface area contributed by atoms with Gasteiger partial charge in [0.25, 0.3) is 11.8 Å². The van der Waals surface area contributed by atoms with E-state index in [1.165, 1.54) is 11.8 Å². The third kappa shape index (κ3) is 3.15. The van der Waals surface area contributed by atoms with Crippen molar-refractivity contribution in [1.29, 1.82) is 0 Å². The van der Waals surface area contributed by atoms with Gasteiger partial charge in [0.1, 0.15) is 11.4 Å². The lowest BCUT2D eigenvalue weighted by molar-refractivity contribution is 0.0988. The molecule has 148 valence electrons. The summed E-state index contributed by atoms with van der Waals surface area (Å²) in [5, 5.41) is 4.55. The highest BCUT2D eigenvalue weighted by Gasteiger charge is 2.37. The summed E-state index contributed by atoms with van der Waals surface area (Å²) in [6.45, 7) is 3.30. The number of benzene rings is 1. The Bertz CT molecular complexity index is 1080. The zero-order valence-electron chi connectivity index (χ0n) is 16.2. The Morgan fingerprint density at radius 1 is 1.28 bits per heavy atom. The van der Waals surface area contributed by atoms with Crippen LogP contribution in [0.15, 0.2) is 40.1 Å². The second-order valence-electron chi connectivity index (χ2n) is 7.20. The van der Waals surface area contributed by atoms with Crippen LogP contribution in [0.1, 0.15) is 29.0 Å². The second kappa shape index (κ2) is 7.14. The third-order valence-corrected chi connectivity index (χ3v) is 5.94. The highest BCUT2D eigenvalue weighted by molar-refractivity contribution is 7.98. The number of anilines is 2. The summed E-state index contributed by atoms with van der Waals surface area (Å²) in [5.41, 5.74) is 2.14. The Morgan fingerprint density at radius 2 is 2.17 bits per heavy atom. The molecule has 8 nitrogen and oxygen atoms in total. The SMILES string of the molecule is CSc1ncc2c(n1)N1CCC[C@H]1CN(c1cccc(-c3nc(C)no3)c1)C2=O. The smallest absolute Gasteiger partial charge is 0.263 e. The molecule has 0 bridgehead atoms. The molecule has 1 fully saturated rings. The minimum atomic E-state index is -0.0825. The number of aromatic nitrogens is 4. The van der Waals surface area contributed by atoms with Gasteiger partial charge < -0.3 is 14.3 Å². The van der Waals surface area contributed by atoms with E-state index in [9.17, 15) is 4.79 Å². The summed E-state index contributed by atoms with van der Waals surface area (Å²) >= 11 is 1.49. The number of fused-ring (bicyclic) bond motifs is 3. The molecule has 5 rings (SSSR count). The zero-order chi connectivity index (χ0) is 20.0. The van der Waals surface area contributed by atoms with Crippen LogP contribution in [0.4, 0.5) is 11.5 Å². The fourth-order valence-corrected chi connectivity index (χ4v) is 4.35. The molecule has 9 heteroatoms. The monoisotopic (exact) mass is 408 g/mol. The number of nitrogens with zero attached hydrogens (tertiary/aromatic N) is 6. The van der Waals surface area contributed by atoms with Crippen LogP contribution in [0.2, 0.25) is 0 Å². The van der Waals surface area contributed by atoms with Crippen molar-refractivity contribution in [2.75, 3.05) is 29.1 Å². The van der Waals surface area contributed by atoms with Crippen LogP contribution in [0.3, 0.4) is 0 Å². The van der Waals surface area contributed by atoms with E-state index in [0.29, 0.717) is 29.0 Å². The van der Waals surface area contributed by atoms with Crippen LogP contribution in [0.5, 0.6) is 0 Å². The van der Waals surface area contributed by atoms with Crippen LogP contribution in [0.25, 0.3) is 11.5 Å². The zero-order valence-corrected chi connectivity index (χ0v) is 17.0. The van der Waals surface area contributed by atoms with Gasteiger partial charge in [-0.15, -0.1) is 0 Å². The number of hydrogen-bond donors (Lipinski definition) is 0. The minimum Gasteiger partial charge on any atom is -0.351 e. The van der Waals surface area contributed by atoms with Crippen LogP contribution in [-0.2, 0) is 0 Å². The van der Waals surface area contributed by atoms with Crippen molar-refractivity contribution < 1.29 is 9.32 Å². The number of aryl methyl sites for hydroxylation is 1. The highest BCUT2D eigenvalue weighted by atomic mass is 32.2. The Labute approximate surface area is 172 Å². The van der Waals surface area contributed by atoms with Gasteiger partial charge in [-0.1, -0.05) is 23.0 Å². The van der Waals surface area contributed by atoms with Gasteiger partial charge in [0.05, 0.1) is 0 Å². The van der Waals surface area contributed by atoms with E-state index in [1.807, 2.05) is 35.4 Å². The van der Waals surface area contributed by atoms with Gasteiger partial charge in [-0.3, -0.25) is 4.79 Å². The molecule has 3 aromatic rings. The van der Waals surface area contributed by atoms with Crippen molar-refractivity contribution in [3.63, 3.8) is 0 Å². The summed E-state index contributed by atoms with van der Waals surface area (Å²) in [6, 6.07) is 7.91. The van der Waals surface area contributed by atoms with Crippen LogP contribution >= 0.6 is 11.8 Å². The quantitative estimate of drug-likeness (QED) is 0.482. The van der Waals surface area contributed by atoms with Gasteiger partial charge in [-0.05, 0) is 44.2 Å². The average Bonchev–Trinajstić information content (AvgIpc) is 3.37. The van der Waals surface area contributed by atoms with Crippen LogP contribution in [-0.4, -0.2) is 51.4 Å². The average molecular weight is 408 g/mol. The fourth-order valence-electron chi connectivity index (χ4n) is 4.01. The predicted molar refractivity (Wildman–Crippen MR) is 110 cm³/mol. The first kappa shape index (κ1) is 18.1. The van der Waals surface area contributed by atoms with Crippen molar-refractivity contribution in [2.24, 2.45) is 0 Å². The normalized spacial score (nSPS) is 18.6. The molecule has 1 atom stereocenters. The highest BCUT2D eigenvalue weighted by Crippen LogP contribution is 2.35. The maximum atomic E-state index is 13.5. The number of hydrogen-bond acceptors (Lipinski definition) is 8. The number of thioether (sulfide) groups is 1. The summed E-state index contributed by atoms with van der Waals surface area (Å²) in [4.78, 5) is 30.9. The molecular weight excluding hydrogens is 388 g/mol. The van der Waals surface area contributed by atoms with E-state index < -0.39 is 0 Å². The molecule has 1 aromatic carbocycles. The molecule has 0 unspecified atom stereocenters.